The number of hydrogen-bond donors (Lipinski definition) is 0. The number of nitrogens with zero attached hydrogens (tertiary/aromatic N) is 2. The summed E-state index contributed by atoms with van der Waals surface area (Å²) >= 11 is 6.51. The first-order valence-electron chi connectivity index (χ1n) is 10.7. The van der Waals surface area contributed by atoms with Gasteiger partial charge in [-0.3, -0.25) is 4.79 Å². The predicted molar refractivity (Wildman–Crippen MR) is 118 cm³/mol. The Morgan fingerprint density at radius 1 is 1.20 bits per heavy atom. The Morgan fingerprint density at radius 3 is 2.63 bits per heavy atom. The Balaban J connectivity index is 1.30. The molecule has 2 aliphatic rings. The molecule has 2 aromatic rings. The number of fused-ring (bicyclic) bond motifs is 1. The monoisotopic (exact) mass is 430 g/mol. The van der Waals surface area contributed by atoms with Gasteiger partial charge in [-0.25, -0.2) is 4.39 Å². The van der Waals surface area contributed by atoms with Crippen molar-refractivity contribution in [2.24, 2.45) is 0 Å². The molecule has 2 heterocycles. The third kappa shape index (κ3) is 4.79. The molecule has 1 aromatic heterocycles. The van der Waals surface area contributed by atoms with E-state index in [1.54, 1.807) is 19.1 Å². The molecule has 1 fully saturated rings. The van der Waals surface area contributed by atoms with Gasteiger partial charge >= 0.3 is 0 Å². The van der Waals surface area contributed by atoms with E-state index in [0.717, 1.165) is 85.2 Å². The van der Waals surface area contributed by atoms with E-state index in [1.165, 1.54) is 12.1 Å². The molecule has 30 heavy (non-hydrogen) atoms. The smallest absolute Gasteiger partial charge is 0.161 e. The molecule has 0 bridgehead atoms. The number of ketones is 1. The summed E-state index contributed by atoms with van der Waals surface area (Å²) in [6.45, 7) is 5.47. The molecule has 4 rings (SSSR count). The average molecular weight is 431 g/mol. The minimum absolute atomic E-state index is 0.0934. The van der Waals surface area contributed by atoms with Gasteiger partial charge in [0.2, 0.25) is 0 Å². The number of aromatic nitrogens is 1. The van der Waals surface area contributed by atoms with Crippen molar-refractivity contribution in [1.29, 1.82) is 0 Å². The summed E-state index contributed by atoms with van der Waals surface area (Å²) in [6.07, 6.45) is 8.98. The third-order valence-electron chi connectivity index (χ3n) is 5.99. The molecule has 0 amide bonds. The molecule has 0 radical (unpaired) electrons. The highest BCUT2D eigenvalue weighted by molar-refractivity contribution is 6.45. The molecule has 1 aliphatic heterocycles. The van der Waals surface area contributed by atoms with E-state index in [-0.39, 0.29) is 17.7 Å². The fourth-order valence-corrected chi connectivity index (χ4v) is 4.74. The second kappa shape index (κ2) is 9.36. The molecule has 0 atom stereocenters. The third-order valence-corrected chi connectivity index (χ3v) is 6.36. The van der Waals surface area contributed by atoms with Gasteiger partial charge in [-0.1, -0.05) is 17.7 Å². The van der Waals surface area contributed by atoms with Crippen LogP contribution in [0, 0.1) is 5.82 Å². The number of aryl methyl sites for hydroxylation is 1. The van der Waals surface area contributed by atoms with Crippen molar-refractivity contribution in [3.05, 3.63) is 52.4 Å². The van der Waals surface area contributed by atoms with E-state index in [1.807, 2.05) is 6.20 Å². The zero-order valence-electron chi connectivity index (χ0n) is 17.4. The molecule has 0 N–H and O–H groups in total. The molecule has 1 aliphatic carbocycles. The van der Waals surface area contributed by atoms with Gasteiger partial charge in [0.25, 0.3) is 0 Å². The zero-order valence-corrected chi connectivity index (χ0v) is 18.1. The SMILES string of the molecule is CC(=O)c1cn(CCCN2CCC(Oc3ccc(F)cc3)CC2)c2c1=CCCC=2Cl. The molecule has 0 saturated carbocycles. The number of rotatable bonds is 7. The highest BCUT2D eigenvalue weighted by Crippen LogP contribution is 2.19. The van der Waals surface area contributed by atoms with E-state index in [0.29, 0.717) is 0 Å². The lowest BCUT2D eigenvalue weighted by Gasteiger charge is -2.32. The Morgan fingerprint density at radius 2 is 1.93 bits per heavy atom. The van der Waals surface area contributed by atoms with Crippen molar-refractivity contribution in [3.8, 4) is 5.75 Å². The molecule has 1 aromatic carbocycles. The van der Waals surface area contributed by atoms with Crippen LogP contribution in [0.5, 0.6) is 5.75 Å². The van der Waals surface area contributed by atoms with E-state index in [4.69, 9.17) is 16.3 Å². The summed E-state index contributed by atoms with van der Waals surface area (Å²) in [4.78, 5) is 14.5. The Labute approximate surface area is 181 Å². The van der Waals surface area contributed by atoms with Gasteiger partial charge in [0.15, 0.2) is 5.78 Å². The summed E-state index contributed by atoms with van der Waals surface area (Å²) in [5.74, 6) is 0.586. The standard InChI is InChI=1S/C24H28ClFN2O2/c1-17(29)22-16-28(24-21(22)4-2-5-23(24)25)13-3-12-27-14-10-20(11-15-27)30-19-8-6-18(26)7-9-19/h4,6-9,16,20H,2-3,5,10-15H2,1H3. The van der Waals surface area contributed by atoms with E-state index in [9.17, 15) is 9.18 Å². The highest BCUT2D eigenvalue weighted by Gasteiger charge is 2.20. The number of carbonyl (C=O) groups is 1. The van der Waals surface area contributed by atoms with Crippen LogP contribution < -0.4 is 15.3 Å². The van der Waals surface area contributed by atoms with E-state index in [2.05, 4.69) is 15.5 Å². The van der Waals surface area contributed by atoms with Crippen molar-refractivity contribution in [1.82, 2.24) is 9.47 Å². The van der Waals surface area contributed by atoms with Crippen molar-refractivity contribution in [3.63, 3.8) is 0 Å². The van der Waals surface area contributed by atoms with Gasteiger partial charge in [-0.15, -0.1) is 0 Å². The van der Waals surface area contributed by atoms with Crippen molar-refractivity contribution < 1.29 is 13.9 Å². The lowest BCUT2D eigenvalue weighted by Crippen LogP contribution is -2.39. The summed E-state index contributed by atoms with van der Waals surface area (Å²) < 4.78 is 21.2. The number of carbonyl (C=O) groups excluding carboxylic acids is 1. The van der Waals surface area contributed by atoms with E-state index >= 15 is 0 Å². The lowest BCUT2D eigenvalue weighted by molar-refractivity contribution is 0.0991. The fraction of sp³-hybridized carbons (Fsp3) is 0.458. The maximum absolute atomic E-state index is 13.0. The molecule has 6 heteroatoms. The first-order valence-corrected chi connectivity index (χ1v) is 11.1. The number of likely N-dealkylation sites (tertiary alicyclic amines) is 1. The molecular formula is C24H28ClFN2O2. The molecule has 0 spiro atoms. The van der Waals surface area contributed by atoms with Gasteiger partial charge in [0, 0.05) is 41.6 Å². The van der Waals surface area contributed by atoms with Crippen LogP contribution in [0.1, 0.15) is 49.4 Å². The molecule has 1 saturated heterocycles. The van der Waals surface area contributed by atoms with Crippen molar-refractivity contribution in [2.75, 3.05) is 19.6 Å². The van der Waals surface area contributed by atoms with Crippen LogP contribution in [-0.2, 0) is 6.54 Å². The Bertz CT molecular complexity index is 1020. The number of piperidine rings is 1. The van der Waals surface area contributed by atoms with Crippen LogP contribution in [-0.4, -0.2) is 41.0 Å². The van der Waals surface area contributed by atoms with Crippen LogP contribution in [0.25, 0.3) is 11.1 Å². The maximum atomic E-state index is 13.0. The van der Waals surface area contributed by atoms with Gasteiger partial charge in [0.1, 0.15) is 17.7 Å². The average Bonchev–Trinajstić information content (AvgIpc) is 3.11. The van der Waals surface area contributed by atoms with Crippen LogP contribution in [0.15, 0.2) is 30.5 Å². The first-order chi connectivity index (χ1) is 14.5. The first kappa shape index (κ1) is 21.1. The second-order valence-electron chi connectivity index (χ2n) is 8.17. The number of Topliss-reactive ketones (excluding diaryl/α,β-unsaturated/α-hetero) is 1. The van der Waals surface area contributed by atoms with Crippen LogP contribution in [0.3, 0.4) is 0 Å². The quantitative estimate of drug-likeness (QED) is 0.628. The lowest BCUT2D eigenvalue weighted by atomic mass is 10.1. The predicted octanol–water partition coefficient (Wildman–Crippen LogP) is 3.68. The number of benzene rings is 1. The minimum atomic E-state index is -0.242. The van der Waals surface area contributed by atoms with Crippen LogP contribution in [0.2, 0.25) is 0 Å². The topological polar surface area (TPSA) is 34.5 Å². The molecule has 0 unspecified atom stereocenters. The number of halogens is 2. The van der Waals surface area contributed by atoms with Gasteiger partial charge in [0.05, 0.1) is 5.35 Å². The number of ether oxygens (including phenoxy) is 1. The summed E-state index contributed by atoms with van der Waals surface area (Å²) in [5.41, 5.74) is 0.779. The molecular weight excluding hydrogens is 403 g/mol. The van der Waals surface area contributed by atoms with Crippen molar-refractivity contribution in [2.45, 2.75) is 51.7 Å². The summed E-state index contributed by atoms with van der Waals surface area (Å²) in [7, 11) is 0. The Kier molecular flexibility index (Phi) is 6.59. The van der Waals surface area contributed by atoms with Crippen molar-refractivity contribution >= 4 is 28.5 Å². The number of hydrogen-bond acceptors (Lipinski definition) is 3. The minimum Gasteiger partial charge on any atom is -0.490 e. The Hall–Kier alpha value is -2.11. The normalized spacial score (nSPS) is 17.5. The molecule has 4 nitrogen and oxygen atoms in total. The summed E-state index contributed by atoms with van der Waals surface area (Å²) in [6, 6.07) is 6.25. The maximum Gasteiger partial charge on any atom is 0.161 e. The van der Waals surface area contributed by atoms with E-state index < -0.39 is 0 Å². The van der Waals surface area contributed by atoms with Gasteiger partial charge < -0.3 is 14.2 Å². The fourth-order valence-electron chi connectivity index (χ4n) is 4.42. The second-order valence-corrected chi connectivity index (χ2v) is 8.62. The molecule has 160 valence electrons. The van der Waals surface area contributed by atoms with Crippen LogP contribution in [0.4, 0.5) is 4.39 Å². The largest absolute Gasteiger partial charge is 0.490 e. The van der Waals surface area contributed by atoms with Gasteiger partial charge in [-0.2, -0.15) is 0 Å². The highest BCUT2D eigenvalue weighted by atomic mass is 35.5. The zero-order chi connectivity index (χ0) is 21.1. The van der Waals surface area contributed by atoms with Crippen LogP contribution >= 0.6 is 11.6 Å². The summed E-state index contributed by atoms with van der Waals surface area (Å²) in [5, 5.41) is 2.90. The van der Waals surface area contributed by atoms with Gasteiger partial charge in [-0.05, 0) is 69.8 Å².